The van der Waals surface area contributed by atoms with E-state index in [2.05, 4.69) is 20.7 Å². The van der Waals surface area contributed by atoms with Crippen molar-refractivity contribution in [3.63, 3.8) is 0 Å². The van der Waals surface area contributed by atoms with Crippen molar-refractivity contribution < 1.29 is 19.1 Å². The summed E-state index contributed by atoms with van der Waals surface area (Å²) >= 11 is 3.37. The van der Waals surface area contributed by atoms with Crippen LogP contribution in [0.4, 0.5) is 0 Å². The minimum atomic E-state index is -0.370. The van der Waals surface area contributed by atoms with Gasteiger partial charge in [0.15, 0.2) is 0 Å². The van der Waals surface area contributed by atoms with Gasteiger partial charge in [0.05, 0.1) is 13.0 Å². The fourth-order valence-electron chi connectivity index (χ4n) is 2.14. The van der Waals surface area contributed by atoms with Crippen LogP contribution in [0.25, 0.3) is 0 Å². The van der Waals surface area contributed by atoms with Crippen molar-refractivity contribution in [3.8, 4) is 0 Å². The third-order valence-electron chi connectivity index (χ3n) is 3.24. The fourth-order valence-corrected chi connectivity index (χ4v) is 2.46. The molecule has 102 valence electrons. The van der Waals surface area contributed by atoms with E-state index in [1.165, 1.54) is 13.2 Å². The summed E-state index contributed by atoms with van der Waals surface area (Å²) in [5, 5.41) is 0.903. The molecule has 18 heavy (non-hydrogen) atoms. The largest absolute Gasteiger partial charge is 0.466 e. The molecule has 1 heterocycles. The van der Waals surface area contributed by atoms with Crippen LogP contribution in [0.1, 0.15) is 26.2 Å². The molecular weight excluding hydrogens is 300 g/mol. The summed E-state index contributed by atoms with van der Waals surface area (Å²) in [6, 6.07) is 0. The number of carbonyl (C=O) groups is 2. The third kappa shape index (κ3) is 4.12. The van der Waals surface area contributed by atoms with Crippen LogP contribution in [0, 0.1) is 11.8 Å². The Morgan fingerprint density at radius 1 is 1.56 bits per heavy atom. The van der Waals surface area contributed by atoms with Crippen molar-refractivity contribution in [2.75, 3.05) is 12.4 Å². The highest BCUT2D eigenvalue weighted by molar-refractivity contribution is 9.09. The number of cyclic esters (lactones) is 1. The minimum Gasteiger partial charge on any atom is -0.466 e. The van der Waals surface area contributed by atoms with E-state index in [0.29, 0.717) is 6.42 Å². The molecule has 0 N–H and O–H groups in total. The molecule has 1 aliphatic rings. The summed E-state index contributed by atoms with van der Waals surface area (Å²) in [6.45, 7) is 1.88. The summed E-state index contributed by atoms with van der Waals surface area (Å²) in [5.74, 6) is -0.457. The fraction of sp³-hybridized carbons (Fsp3) is 0.692. The van der Waals surface area contributed by atoms with Crippen LogP contribution in [-0.4, -0.2) is 30.5 Å². The van der Waals surface area contributed by atoms with Gasteiger partial charge in [-0.2, -0.15) is 0 Å². The molecule has 1 saturated heterocycles. The van der Waals surface area contributed by atoms with Gasteiger partial charge in [-0.1, -0.05) is 28.9 Å². The Kier molecular flexibility index (Phi) is 6.39. The zero-order chi connectivity index (χ0) is 13.5. The van der Waals surface area contributed by atoms with E-state index in [9.17, 15) is 9.59 Å². The molecule has 0 saturated carbocycles. The van der Waals surface area contributed by atoms with Gasteiger partial charge in [-0.25, -0.2) is 4.79 Å². The predicted molar refractivity (Wildman–Crippen MR) is 71.3 cm³/mol. The third-order valence-corrected chi connectivity index (χ3v) is 3.81. The van der Waals surface area contributed by atoms with Gasteiger partial charge in [0, 0.05) is 17.3 Å². The van der Waals surface area contributed by atoms with Gasteiger partial charge in [-0.3, -0.25) is 4.79 Å². The maximum atomic E-state index is 11.6. The zero-order valence-corrected chi connectivity index (χ0v) is 12.3. The molecule has 0 spiro atoms. The molecule has 1 rings (SSSR count). The van der Waals surface area contributed by atoms with E-state index in [0.717, 1.165) is 18.2 Å². The predicted octanol–water partition coefficient (Wildman–Crippen LogP) is 2.46. The Morgan fingerprint density at radius 2 is 2.28 bits per heavy atom. The van der Waals surface area contributed by atoms with Crippen LogP contribution in [-0.2, 0) is 19.1 Å². The molecule has 5 heteroatoms. The average Bonchev–Trinajstić information content (AvgIpc) is 2.63. The number of esters is 2. The highest BCUT2D eigenvalue weighted by Gasteiger charge is 2.40. The van der Waals surface area contributed by atoms with Crippen LogP contribution in [0.5, 0.6) is 0 Å². The lowest BCUT2D eigenvalue weighted by Crippen LogP contribution is -2.19. The number of methoxy groups -OCH3 is 1. The quantitative estimate of drug-likeness (QED) is 0.429. The molecule has 0 aromatic heterocycles. The monoisotopic (exact) mass is 318 g/mol. The molecule has 0 aromatic rings. The molecule has 0 amide bonds. The van der Waals surface area contributed by atoms with Crippen molar-refractivity contribution in [1.82, 2.24) is 0 Å². The molecule has 0 radical (unpaired) electrons. The summed E-state index contributed by atoms with van der Waals surface area (Å²) in [4.78, 5) is 22.5. The SMILES string of the molecule is COC(=O)/C=C/C[C@H]1[C@H](C)C(=O)O[C@@H]1CCCBr. The Bertz CT molecular complexity index is 327. The second-order valence-electron chi connectivity index (χ2n) is 4.42. The molecule has 3 atom stereocenters. The lowest BCUT2D eigenvalue weighted by atomic mass is 9.87. The first-order chi connectivity index (χ1) is 8.60. The number of allylic oxidation sites excluding steroid dienone is 1. The number of rotatable bonds is 6. The minimum absolute atomic E-state index is 0.0349. The van der Waals surface area contributed by atoms with Crippen LogP contribution >= 0.6 is 15.9 Å². The number of hydrogen-bond donors (Lipinski definition) is 0. The van der Waals surface area contributed by atoms with Crippen molar-refractivity contribution in [3.05, 3.63) is 12.2 Å². The Hall–Kier alpha value is -0.840. The molecule has 0 aromatic carbocycles. The Morgan fingerprint density at radius 3 is 2.89 bits per heavy atom. The second-order valence-corrected chi connectivity index (χ2v) is 5.21. The van der Waals surface area contributed by atoms with E-state index < -0.39 is 0 Å². The second kappa shape index (κ2) is 7.56. The van der Waals surface area contributed by atoms with Gasteiger partial charge in [-0.05, 0) is 19.3 Å². The first-order valence-electron chi connectivity index (χ1n) is 6.11. The number of alkyl halides is 1. The Balaban J connectivity index is 2.55. The molecule has 1 aliphatic heterocycles. The van der Waals surface area contributed by atoms with Crippen molar-refractivity contribution >= 4 is 27.9 Å². The van der Waals surface area contributed by atoms with Crippen molar-refractivity contribution in [2.24, 2.45) is 11.8 Å². The topological polar surface area (TPSA) is 52.6 Å². The van der Waals surface area contributed by atoms with Gasteiger partial charge >= 0.3 is 11.9 Å². The van der Waals surface area contributed by atoms with E-state index in [1.807, 2.05) is 6.92 Å². The molecule has 4 nitrogen and oxygen atoms in total. The van der Waals surface area contributed by atoms with Crippen molar-refractivity contribution in [1.29, 1.82) is 0 Å². The van der Waals surface area contributed by atoms with Crippen LogP contribution in [0.2, 0.25) is 0 Å². The van der Waals surface area contributed by atoms with Gasteiger partial charge in [-0.15, -0.1) is 0 Å². The van der Waals surface area contributed by atoms with Gasteiger partial charge in [0.25, 0.3) is 0 Å². The summed E-state index contributed by atoms with van der Waals surface area (Å²) in [7, 11) is 1.34. The molecule has 1 fully saturated rings. The first-order valence-corrected chi connectivity index (χ1v) is 7.23. The molecule has 0 unspecified atom stereocenters. The van der Waals surface area contributed by atoms with Crippen LogP contribution < -0.4 is 0 Å². The van der Waals surface area contributed by atoms with E-state index in [-0.39, 0.29) is 29.9 Å². The van der Waals surface area contributed by atoms with E-state index in [4.69, 9.17) is 4.74 Å². The van der Waals surface area contributed by atoms with Crippen LogP contribution in [0.3, 0.4) is 0 Å². The zero-order valence-electron chi connectivity index (χ0n) is 10.7. The summed E-state index contributed by atoms with van der Waals surface area (Å²) in [6.07, 6.45) is 5.62. The normalized spacial score (nSPS) is 27.5. The number of carbonyl (C=O) groups excluding carboxylic acids is 2. The van der Waals surface area contributed by atoms with E-state index in [1.54, 1.807) is 6.08 Å². The number of halogens is 1. The highest BCUT2D eigenvalue weighted by atomic mass is 79.9. The van der Waals surface area contributed by atoms with E-state index >= 15 is 0 Å². The molecular formula is C13H19BrO4. The summed E-state index contributed by atoms with van der Waals surface area (Å²) < 4.78 is 9.89. The molecule has 0 bridgehead atoms. The maximum Gasteiger partial charge on any atom is 0.330 e. The van der Waals surface area contributed by atoms with Gasteiger partial charge in [0.1, 0.15) is 6.10 Å². The standard InChI is InChI=1S/C13H19BrO4/c1-9-10(5-3-7-12(15)17-2)11(6-4-8-14)18-13(9)16/h3,7,9-11H,4-6,8H2,1-2H3/b7-3+/t9-,10-,11+/m0/s1. The molecule has 0 aliphatic carbocycles. The maximum absolute atomic E-state index is 11.6. The summed E-state index contributed by atoms with van der Waals surface area (Å²) in [5.41, 5.74) is 0. The van der Waals surface area contributed by atoms with Gasteiger partial charge < -0.3 is 9.47 Å². The average molecular weight is 319 g/mol. The lowest BCUT2D eigenvalue weighted by molar-refractivity contribution is -0.144. The smallest absolute Gasteiger partial charge is 0.330 e. The van der Waals surface area contributed by atoms with Crippen LogP contribution in [0.15, 0.2) is 12.2 Å². The van der Waals surface area contributed by atoms with Gasteiger partial charge in [0.2, 0.25) is 0 Å². The van der Waals surface area contributed by atoms with Crippen molar-refractivity contribution in [2.45, 2.75) is 32.3 Å². The number of ether oxygens (including phenoxy) is 2. The highest BCUT2D eigenvalue weighted by Crippen LogP contribution is 2.33. The first kappa shape index (κ1) is 15.2. The Labute approximate surface area is 116 Å². The lowest BCUT2D eigenvalue weighted by Gasteiger charge is -2.17. The number of hydrogen-bond acceptors (Lipinski definition) is 4.